The van der Waals surface area contributed by atoms with Gasteiger partial charge >= 0.3 is 5.97 Å². The van der Waals surface area contributed by atoms with Crippen LogP contribution in [0, 0.1) is 11.8 Å². The molecule has 1 heterocycles. The summed E-state index contributed by atoms with van der Waals surface area (Å²) < 4.78 is 1.82. The highest BCUT2D eigenvalue weighted by Crippen LogP contribution is 2.30. The van der Waals surface area contributed by atoms with Crippen LogP contribution in [0.25, 0.3) is 0 Å². The van der Waals surface area contributed by atoms with E-state index in [1.54, 1.807) is 6.92 Å². The Labute approximate surface area is 88.1 Å². The van der Waals surface area contributed by atoms with E-state index in [2.05, 4.69) is 10.3 Å². The van der Waals surface area contributed by atoms with Crippen molar-refractivity contribution in [2.45, 2.75) is 32.7 Å². The standard InChI is InChI=1S/C10H15N3O2/c1-7(10(14)15)4-9-6-13(12-11-9)5-8-2-3-8/h6-8H,2-5H2,1H3,(H,14,15). The van der Waals surface area contributed by atoms with Crippen LogP contribution in [-0.2, 0) is 17.8 Å². The number of carbonyl (C=O) groups is 1. The van der Waals surface area contributed by atoms with Gasteiger partial charge in [0.1, 0.15) is 0 Å². The van der Waals surface area contributed by atoms with Crippen molar-refractivity contribution in [2.24, 2.45) is 11.8 Å². The zero-order chi connectivity index (χ0) is 10.8. The SMILES string of the molecule is CC(Cc1cn(CC2CC2)nn1)C(=O)O. The molecular weight excluding hydrogens is 194 g/mol. The molecule has 5 nitrogen and oxygen atoms in total. The van der Waals surface area contributed by atoms with E-state index in [-0.39, 0.29) is 0 Å². The van der Waals surface area contributed by atoms with Gasteiger partial charge in [-0.1, -0.05) is 12.1 Å². The van der Waals surface area contributed by atoms with Crippen molar-refractivity contribution in [1.29, 1.82) is 0 Å². The molecule has 1 saturated carbocycles. The van der Waals surface area contributed by atoms with Crippen LogP contribution in [-0.4, -0.2) is 26.1 Å². The minimum Gasteiger partial charge on any atom is -0.481 e. The Morgan fingerprint density at radius 2 is 2.47 bits per heavy atom. The van der Waals surface area contributed by atoms with Gasteiger partial charge in [0.05, 0.1) is 11.6 Å². The maximum absolute atomic E-state index is 10.6. The number of hydrogen-bond donors (Lipinski definition) is 1. The predicted molar refractivity (Wildman–Crippen MR) is 53.2 cm³/mol. The van der Waals surface area contributed by atoms with Crippen molar-refractivity contribution in [3.63, 3.8) is 0 Å². The van der Waals surface area contributed by atoms with Crippen molar-refractivity contribution < 1.29 is 9.90 Å². The Hall–Kier alpha value is -1.39. The van der Waals surface area contributed by atoms with Gasteiger partial charge in [-0.3, -0.25) is 9.48 Å². The van der Waals surface area contributed by atoms with Gasteiger partial charge in [-0.2, -0.15) is 0 Å². The summed E-state index contributed by atoms with van der Waals surface area (Å²) in [6.45, 7) is 2.61. The van der Waals surface area contributed by atoms with Gasteiger partial charge in [0.25, 0.3) is 0 Å². The van der Waals surface area contributed by atoms with Crippen LogP contribution >= 0.6 is 0 Å². The van der Waals surface area contributed by atoms with E-state index in [1.165, 1.54) is 12.8 Å². The Kier molecular flexibility index (Phi) is 2.70. The summed E-state index contributed by atoms with van der Waals surface area (Å²) in [6.07, 6.45) is 4.87. The van der Waals surface area contributed by atoms with E-state index < -0.39 is 11.9 Å². The summed E-state index contributed by atoms with van der Waals surface area (Å²) in [6, 6.07) is 0. The van der Waals surface area contributed by atoms with Crippen LogP contribution in [0.2, 0.25) is 0 Å². The highest BCUT2D eigenvalue weighted by atomic mass is 16.4. The number of aromatic nitrogens is 3. The number of nitrogens with zero attached hydrogens (tertiary/aromatic N) is 3. The van der Waals surface area contributed by atoms with Crippen LogP contribution in [0.15, 0.2) is 6.20 Å². The van der Waals surface area contributed by atoms with Crippen LogP contribution in [0.4, 0.5) is 0 Å². The summed E-state index contributed by atoms with van der Waals surface area (Å²) in [7, 11) is 0. The Morgan fingerprint density at radius 1 is 1.73 bits per heavy atom. The lowest BCUT2D eigenvalue weighted by molar-refractivity contribution is -0.141. The fourth-order valence-electron chi connectivity index (χ4n) is 1.49. The smallest absolute Gasteiger partial charge is 0.306 e. The third-order valence-electron chi connectivity index (χ3n) is 2.67. The lowest BCUT2D eigenvalue weighted by atomic mass is 10.1. The molecule has 1 fully saturated rings. The van der Waals surface area contributed by atoms with Crippen molar-refractivity contribution in [3.8, 4) is 0 Å². The maximum Gasteiger partial charge on any atom is 0.306 e. The number of hydrogen-bond acceptors (Lipinski definition) is 3. The molecule has 15 heavy (non-hydrogen) atoms. The highest BCUT2D eigenvalue weighted by Gasteiger charge is 2.22. The van der Waals surface area contributed by atoms with E-state index in [0.717, 1.165) is 18.2 Å². The molecule has 1 N–H and O–H groups in total. The molecule has 0 bridgehead atoms. The number of carboxylic acids is 1. The molecule has 0 spiro atoms. The predicted octanol–water partition coefficient (Wildman–Crippen LogP) is 0.951. The summed E-state index contributed by atoms with van der Waals surface area (Å²) in [4.78, 5) is 10.6. The van der Waals surface area contributed by atoms with Crippen molar-refractivity contribution in [3.05, 3.63) is 11.9 Å². The molecule has 2 rings (SSSR count). The Balaban J connectivity index is 1.90. The zero-order valence-corrected chi connectivity index (χ0v) is 8.76. The van der Waals surface area contributed by atoms with E-state index in [0.29, 0.717) is 6.42 Å². The zero-order valence-electron chi connectivity index (χ0n) is 8.76. The lowest BCUT2D eigenvalue weighted by Crippen LogP contribution is -2.12. The molecule has 1 aromatic rings. The third-order valence-corrected chi connectivity index (χ3v) is 2.67. The lowest BCUT2D eigenvalue weighted by Gasteiger charge is -2.01. The van der Waals surface area contributed by atoms with Crippen molar-refractivity contribution >= 4 is 5.97 Å². The minimum absolute atomic E-state index is 0.393. The van der Waals surface area contributed by atoms with Crippen molar-refractivity contribution in [1.82, 2.24) is 15.0 Å². The van der Waals surface area contributed by atoms with Gasteiger partial charge in [0, 0.05) is 19.2 Å². The maximum atomic E-state index is 10.6. The normalized spacial score (nSPS) is 17.7. The monoisotopic (exact) mass is 209 g/mol. The average Bonchev–Trinajstić information content (AvgIpc) is 2.87. The molecule has 0 radical (unpaired) electrons. The fourth-order valence-corrected chi connectivity index (χ4v) is 1.49. The van der Waals surface area contributed by atoms with Gasteiger partial charge in [-0.05, 0) is 18.8 Å². The third kappa shape index (κ3) is 2.78. The first kappa shape index (κ1) is 10.1. The average molecular weight is 209 g/mol. The van der Waals surface area contributed by atoms with E-state index in [4.69, 9.17) is 5.11 Å². The molecule has 1 aliphatic carbocycles. The van der Waals surface area contributed by atoms with Crippen LogP contribution in [0.3, 0.4) is 0 Å². The molecule has 0 amide bonds. The second kappa shape index (κ2) is 4.00. The molecule has 1 aliphatic rings. The molecule has 0 aliphatic heterocycles. The number of aliphatic carboxylic acids is 1. The van der Waals surface area contributed by atoms with Gasteiger partial charge in [0.15, 0.2) is 0 Å². The largest absolute Gasteiger partial charge is 0.481 e. The summed E-state index contributed by atoms with van der Waals surface area (Å²) >= 11 is 0. The summed E-state index contributed by atoms with van der Waals surface area (Å²) in [5.41, 5.74) is 0.769. The summed E-state index contributed by atoms with van der Waals surface area (Å²) in [5, 5.41) is 16.7. The fraction of sp³-hybridized carbons (Fsp3) is 0.700. The first-order valence-electron chi connectivity index (χ1n) is 5.27. The molecule has 1 atom stereocenters. The number of carboxylic acid groups (broad SMARTS) is 1. The van der Waals surface area contributed by atoms with Gasteiger partial charge in [-0.15, -0.1) is 5.10 Å². The summed E-state index contributed by atoms with van der Waals surface area (Å²) in [5.74, 6) is -0.417. The molecule has 1 unspecified atom stereocenters. The highest BCUT2D eigenvalue weighted by molar-refractivity contribution is 5.69. The number of rotatable bonds is 5. The molecule has 82 valence electrons. The van der Waals surface area contributed by atoms with Gasteiger partial charge in [0.2, 0.25) is 0 Å². The van der Waals surface area contributed by atoms with Crippen molar-refractivity contribution in [2.75, 3.05) is 0 Å². The second-order valence-electron chi connectivity index (χ2n) is 4.32. The first-order valence-corrected chi connectivity index (χ1v) is 5.27. The Bertz CT molecular complexity index is 357. The Morgan fingerprint density at radius 3 is 3.07 bits per heavy atom. The van der Waals surface area contributed by atoms with Gasteiger partial charge < -0.3 is 5.11 Å². The topological polar surface area (TPSA) is 68.0 Å². The quantitative estimate of drug-likeness (QED) is 0.784. The van der Waals surface area contributed by atoms with E-state index in [1.807, 2.05) is 10.9 Å². The van der Waals surface area contributed by atoms with Gasteiger partial charge in [-0.25, -0.2) is 0 Å². The molecule has 1 aromatic heterocycles. The van der Waals surface area contributed by atoms with E-state index >= 15 is 0 Å². The van der Waals surface area contributed by atoms with Crippen LogP contribution in [0.5, 0.6) is 0 Å². The second-order valence-corrected chi connectivity index (χ2v) is 4.32. The molecule has 0 aromatic carbocycles. The first-order chi connectivity index (χ1) is 7.15. The van der Waals surface area contributed by atoms with E-state index in [9.17, 15) is 4.79 Å². The molecule has 5 heteroatoms. The molecular formula is C10H15N3O2. The minimum atomic E-state index is -0.785. The molecule has 0 saturated heterocycles. The van der Waals surface area contributed by atoms with Crippen LogP contribution in [0.1, 0.15) is 25.5 Å². The van der Waals surface area contributed by atoms with Crippen LogP contribution < -0.4 is 0 Å².